The third-order valence-corrected chi connectivity index (χ3v) is 3.86. The van der Waals surface area contributed by atoms with Crippen molar-refractivity contribution >= 4 is 38.9 Å². The number of anilines is 1. The summed E-state index contributed by atoms with van der Waals surface area (Å²) in [4.78, 5) is 0. The minimum absolute atomic E-state index is 0.212. The van der Waals surface area contributed by atoms with E-state index >= 15 is 0 Å². The normalized spacial score (nSPS) is 16.2. The van der Waals surface area contributed by atoms with Crippen LogP contribution in [0.4, 0.5) is 14.5 Å². The third-order valence-electron chi connectivity index (χ3n) is 3.19. The Kier molecular flexibility index (Phi) is 5.10. The molecule has 1 saturated carbocycles. The SMILES string of the molecule is Fc1cc(Br)cc(F)c1NC(=S)NC1CCCCC1. The zero-order valence-corrected chi connectivity index (χ0v) is 12.7. The molecule has 6 heteroatoms. The van der Waals surface area contributed by atoms with Crippen LogP contribution in [-0.2, 0) is 0 Å². The summed E-state index contributed by atoms with van der Waals surface area (Å²) < 4.78 is 27.6. The van der Waals surface area contributed by atoms with Gasteiger partial charge in [-0.25, -0.2) is 8.78 Å². The van der Waals surface area contributed by atoms with Crippen molar-refractivity contribution in [1.82, 2.24) is 5.32 Å². The number of benzene rings is 1. The van der Waals surface area contributed by atoms with E-state index in [1.807, 2.05) is 0 Å². The Bertz CT molecular complexity index is 453. The summed E-state index contributed by atoms with van der Waals surface area (Å²) in [6.45, 7) is 0. The quantitative estimate of drug-likeness (QED) is 0.777. The molecule has 0 unspecified atom stereocenters. The largest absolute Gasteiger partial charge is 0.360 e. The highest BCUT2D eigenvalue weighted by atomic mass is 79.9. The molecule has 0 heterocycles. The van der Waals surface area contributed by atoms with Crippen LogP contribution in [0, 0.1) is 11.6 Å². The maximum absolute atomic E-state index is 13.6. The average molecular weight is 349 g/mol. The van der Waals surface area contributed by atoms with E-state index in [2.05, 4.69) is 26.6 Å². The van der Waals surface area contributed by atoms with Crippen LogP contribution in [0.15, 0.2) is 16.6 Å². The Hall–Kier alpha value is -0.750. The van der Waals surface area contributed by atoms with E-state index in [1.54, 1.807) is 0 Å². The van der Waals surface area contributed by atoms with E-state index in [0.717, 1.165) is 12.8 Å². The Labute approximate surface area is 125 Å². The standard InChI is InChI=1S/C13H15BrF2N2S/c14-8-6-10(15)12(11(16)7-8)18-13(19)17-9-4-2-1-3-5-9/h6-7,9H,1-5H2,(H2,17,18,19). The van der Waals surface area contributed by atoms with E-state index < -0.39 is 11.6 Å². The molecule has 0 bridgehead atoms. The second-order valence-electron chi connectivity index (χ2n) is 4.68. The monoisotopic (exact) mass is 348 g/mol. The van der Waals surface area contributed by atoms with E-state index in [-0.39, 0.29) is 10.8 Å². The summed E-state index contributed by atoms with van der Waals surface area (Å²) in [5.74, 6) is -1.33. The Morgan fingerprint density at radius 3 is 2.32 bits per heavy atom. The van der Waals surface area contributed by atoms with Crippen molar-refractivity contribution in [2.45, 2.75) is 38.1 Å². The highest BCUT2D eigenvalue weighted by molar-refractivity contribution is 9.10. The molecule has 2 rings (SSSR count). The van der Waals surface area contributed by atoms with Crippen LogP contribution in [0.2, 0.25) is 0 Å². The summed E-state index contributed by atoms with van der Waals surface area (Å²) in [7, 11) is 0. The van der Waals surface area contributed by atoms with Gasteiger partial charge >= 0.3 is 0 Å². The lowest BCUT2D eigenvalue weighted by atomic mass is 9.96. The zero-order chi connectivity index (χ0) is 13.8. The molecular formula is C13H15BrF2N2S. The molecule has 19 heavy (non-hydrogen) atoms. The summed E-state index contributed by atoms with van der Waals surface area (Å²) in [5.41, 5.74) is -0.212. The van der Waals surface area contributed by atoms with Crippen molar-refractivity contribution in [3.63, 3.8) is 0 Å². The zero-order valence-electron chi connectivity index (χ0n) is 10.3. The van der Waals surface area contributed by atoms with Crippen molar-refractivity contribution in [3.8, 4) is 0 Å². The third kappa shape index (κ3) is 4.11. The molecule has 0 aromatic heterocycles. The molecule has 0 aliphatic heterocycles. The van der Waals surface area contributed by atoms with Crippen molar-refractivity contribution in [1.29, 1.82) is 0 Å². The van der Waals surface area contributed by atoms with Gasteiger partial charge in [-0.05, 0) is 37.2 Å². The topological polar surface area (TPSA) is 24.1 Å². The van der Waals surface area contributed by atoms with Gasteiger partial charge in [0, 0.05) is 10.5 Å². The van der Waals surface area contributed by atoms with Crippen molar-refractivity contribution in [2.24, 2.45) is 0 Å². The van der Waals surface area contributed by atoms with Crippen molar-refractivity contribution < 1.29 is 8.78 Å². The van der Waals surface area contributed by atoms with E-state index in [1.165, 1.54) is 31.4 Å². The predicted molar refractivity (Wildman–Crippen MR) is 80.3 cm³/mol. The molecule has 2 N–H and O–H groups in total. The fourth-order valence-electron chi connectivity index (χ4n) is 2.24. The van der Waals surface area contributed by atoms with Gasteiger partial charge in [0.25, 0.3) is 0 Å². The molecule has 0 spiro atoms. The first-order valence-corrected chi connectivity index (χ1v) is 7.48. The first kappa shape index (κ1) is 14.7. The molecule has 1 aliphatic carbocycles. The summed E-state index contributed by atoms with van der Waals surface area (Å²) in [6.07, 6.45) is 5.68. The van der Waals surface area contributed by atoms with E-state index in [9.17, 15) is 8.78 Å². The molecule has 1 fully saturated rings. The van der Waals surface area contributed by atoms with Gasteiger partial charge in [0.05, 0.1) is 0 Å². The number of hydrogen-bond donors (Lipinski definition) is 2. The second-order valence-corrected chi connectivity index (χ2v) is 6.00. The fourth-order valence-corrected chi connectivity index (χ4v) is 2.91. The number of nitrogens with one attached hydrogen (secondary N) is 2. The van der Waals surface area contributed by atoms with Crippen LogP contribution in [-0.4, -0.2) is 11.2 Å². The predicted octanol–water partition coefficient (Wildman–Crippen LogP) is 4.35. The molecule has 0 saturated heterocycles. The summed E-state index contributed by atoms with van der Waals surface area (Å²) >= 11 is 8.14. The number of hydrogen-bond acceptors (Lipinski definition) is 1. The van der Waals surface area contributed by atoms with Crippen LogP contribution < -0.4 is 10.6 Å². The molecule has 104 valence electrons. The van der Waals surface area contributed by atoms with Gasteiger partial charge < -0.3 is 10.6 Å². The van der Waals surface area contributed by atoms with Gasteiger partial charge in [-0.2, -0.15) is 0 Å². The summed E-state index contributed by atoms with van der Waals surface area (Å²) in [5, 5.41) is 5.98. The Morgan fingerprint density at radius 1 is 1.16 bits per heavy atom. The van der Waals surface area contributed by atoms with Crippen LogP contribution in [0.25, 0.3) is 0 Å². The van der Waals surface area contributed by atoms with E-state index in [0.29, 0.717) is 10.5 Å². The second kappa shape index (κ2) is 6.61. The molecule has 1 aliphatic rings. The number of rotatable bonds is 2. The molecule has 2 nitrogen and oxygen atoms in total. The van der Waals surface area contributed by atoms with Gasteiger partial charge in [-0.3, -0.25) is 0 Å². The van der Waals surface area contributed by atoms with Gasteiger partial charge in [0.1, 0.15) is 5.69 Å². The lowest BCUT2D eigenvalue weighted by Gasteiger charge is -2.24. The number of halogens is 3. The van der Waals surface area contributed by atoms with E-state index in [4.69, 9.17) is 12.2 Å². The molecule has 1 aromatic rings. The van der Waals surface area contributed by atoms with Crippen LogP contribution in [0.1, 0.15) is 32.1 Å². The van der Waals surface area contributed by atoms with Crippen molar-refractivity contribution in [3.05, 3.63) is 28.2 Å². The molecule has 0 atom stereocenters. The Morgan fingerprint density at radius 2 is 1.74 bits per heavy atom. The highest BCUT2D eigenvalue weighted by Crippen LogP contribution is 2.24. The molecule has 0 amide bonds. The molecule has 1 aromatic carbocycles. The van der Waals surface area contributed by atoms with Crippen LogP contribution >= 0.6 is 28.1 Å². The van der Waals surface area contributed by atoms with Crippen molar-refractivity contribution in [2.75, 3.05) is 5.32 Å². The first-order chi connectivity index (χ1) is 9.06. The molecular weight excluding hydrogens is 334 g/mol. The van der Waals surface area contributed by atoms with Gasteiger partial charge in [-0.1, -0.05) is 35.2 Å². The summed E-state index contributed by atoms with van der Waals surface area (Å²) in [6, 6.07) is 2.71. The minimum Gasteiger partial charge on any atom is -0.360 e. The van der Waals surface area contributed by atoms with Gasteiger partial charge in [0.15, 0.2) is 16.7 Å². The van der Waals surface area contributed by atoms with Crippen LogP contribution in [0.3, 0.4) is 0 Å². The van der Waals surface area contributed by atoms with Crippen LogP contribution in [0.5, 0.6) is 0 Å². The average Bonchev–Trinajstić information content (AvgIpc) is 2.35. The Balaban J connectivity index is 1.98. The van der Waals surface area contributed by atoms with Gasteiger partial charge in [-0.15, -0.1) is 0 Å². The minimum atomic E-state index is -0.667. The highest BCUT2D eigenvalue weighted by Gasteiger charge is 2.16. The molecule has 0 radical (unpaired) electrons. The first-order valence-electron chi connectivity index (χ1n) is 6.28. The maximum Gasteiger partial charge on any atom is 0.171 e. The maximum atomic E-state index is 13.6. The lowest BCUT2D eigenvalue weighted by Crippen LogP contribution is -2.39. The smallest absolute Gasteiger partial charge is 0.171 e. The number of thiocarbonyl (C=S) groups is 1. The lowest BCUT2D eigenvalue weighted by molar-refractivity contribution is 0.414. The van der Waals surface area contributed by atoms with Gasteiger partial charge in [0.2, 0.25) is 0 Å². The fraction of sp³-hybridized carbons (Fsp3) is 0.462.